The van der Waals surface area contributed by atoms with E-state index in [4.69, 9.17) is 43.4 Å². The van der Waals surface area contributed by atoms with E-state index in [0.717, 1.165) is 0 Å². The third-order valence-corrected chi connectivity index (χ3v) is 17.4. The molecular weight excluding hydrogens is 1700 g/mol. The second-order valence-electron chi connectivity index (χ2n) is 26.8. The van der Waals surface area contributed by atoms with E-state index in [1.165, 1.54) is 73.3 Å². The van der Waals surface area contributed by atoms with Crippen LogP contribution in [0.25, 0.3) is 44.7 Å². The van der Waals surface area contributed by atoms with Crippen molar-refractivity contribution in [3.63, 3.8) is 0 Å². The molecule has 4 aromatic carbocycles. The molecule has 12 rings (SSSR count). The number of nitrogens with one attached hydrogen (secondary N) is 12. The van der Waals surface area contributed by atoms with E-state index >= 15 is 0 Å². The number of nitrogens with two attached hydrogens (primary N) is 4. The number of carbonyl (C=O) groups excluding carboxylic acids is 8. The number of aliphatic carboxylic acids is 8. The number of benzene rings is 4. The molecule has 0 fully saturated rings. The topological polar surface area (TPSA) is 864 Å². The Balaban J connectivity index is 0.000000212. The molecule has 8 aromatic heterocycles. The number of hydrogen-bond donors (Lipinski definition) is 20. The number of carboxylic acids is 8. The van der Waals surface area contributed by atoms with Crippen LogP contribution in [0.4, 0.5) is 46.5 Å². The van der Waals surface area contributed by atoms with Gasteiger partial charge in [0.05, 0.1) is 73.7 Å². The predicted octanol–water partition coefficient (Wildman–Crippen LogP) is -5.44. The zero-order chi connectivity index (χ0) is 93.0. The quantitative estimate of drug-likeness (QED) is 0.0174. The average Bonchev–Trinajstić information content (AvgIpc) is 0.819. The zero-order valence-electron chi connectivity index (χ0n) is 66.5. The van der Waals surface area contributed by atoms with Gasteiger partial charge in [0.25, 0.3) is 45.9 Å². The van der Waals surface area contributed by atoms with Crippen LogP contribution < -0.4 is 108 Å². The van der Waals surface area contributed by atoms with E-state index in [1.54, 1.807) is 48.5 Å². The van der Waals surface area contributed by atoms with Crippen LogP contribution in [0.15, 0.2) is 141 Å². The minimum atomic E-state index is -1.40. The molecular formula is C77H72N28O24. The Hall–Kier alpha value is -18.2. The van der Waals surface area contributed by atoms with Crippen molar-refractivity contribution in [2.75, 3.05) is 44.2 Å². The number of hydrogen-bond acceptors (Lipinski definition) is 40. The molecule has 129 heavy (non-hydrogen) atoms. The third-order valence-electron chi connectivity index (χ3n) is 17.4. The van der Waals surface area contributed by atoms with E-state index in [1.807, 2.05) is 0 Å². The fraction of sp³-hybridized carbons (Fsp3) is 0.208. The van der Waals surface area contributed by atoms with Crippen LogP contribution in [0.2, 0.25) is 0 Å². The smallest absolute Gasteiger partial charge is 0.550 e. The third kappa shape index (κ3) is 29.0. The molecule has 0 aliphatic rings. The van der Waals surface area contributed by atoms with Crippen molar-refractivity contribution in [1.29, 1.82) is 0 Å². The molecule has 0 saturated carbocycles. The number of amides is 4. The molecule has 52 nitrogen and oxygen atoms in total. The molecule has 12 aromatic rings. The maximum Gasteiger partial charge on any atom is 4.00 e. The summed E-state index contributed by atoms with van der Waals surface area (Å²) in [7, 11) is 0. The van der Waals surface area contributed by atoms with E-state index in [0.29, 0.717) is 45.5 Å². The Morgan fingerprint density at radius 2 is 0.481 bits per heavy atom. The summed E-state index contributed by atoms with van der Waals surface area (Å²) in [6, 6.07) is 19.1. The van der Waals surface area contributed by atoms with Gasteiger partial charge in [-0.15, -0.1) is 0 Å². The van der Waals surface area contributed by atoms with E-state index in [-0.39, 0.29) is 150 Å². The van der Waals surface area contributed by atoms with Crippen LogP contribution in [0.3, 0.4) is 0 Å². The van der Waals surface area contributed by atoms with Crippen LogP contribution in [0, 0.1) is 7.43 Å². The number of aromatic amines is 4. The number of fused-ring (bicyclic) bond motifs is 4. The molecule has 4 atom stereocenters. The molecule has 0 saturated heterocycles. The van der Waals surface area contributed by atoms with Gasteiger partial charge in [0.2, 0.25) is 23.8 Å². The van der Waals surface area contributed by atoms with E-state index in [2.05, 4.69) is 122 Å². The van der Waals surface area contributed by atoms with Gasteiger partial charge in [-0.25, -0.2) is 59.0 Å². The predicted molar refractivity (Wildman–Crippen MR) is 440 cm³/mol. The first-order valence-corrected chi connectivity index (χ1v) is 37.3. The van der Waals surface area contributed by atoms with Crippen molar-refractivity contribution in [2.45, 2.75) is 102 Å². The van der Waals surface area contributed by atoms with Gasteiger partial charge in [-0.3, -0.25) is 58.3 Å². The summed E-state index contributed by atoms with van der Waals surface area (Å²) in [5, 5.41) is 99.9. The number of nitrogen functional groups attached to an aromatic ring is 4. The van der Waals surface area contributed by atoms with Crippen molar-refractivity contribution in [3.05, 3.63) is 216 Å². The van der Waals surface area contributed by atoms with Gasteiger partial charge in [0.15, 0.2) is 44.7 Å². The fourth-order valence-corrected chi connectivity index (χ4v) is 11.0. The fourth-order valence-electron chi connectivity index (χ4n) is 11.0. The first-order valence-electron chi connectivity index (χ1n) is 37.3. The van der Waals surface area contributed by atoms with E-state index < -0.39 is 143 Å². The van der Waals surface area contributed by atoms with Crippen molar-refractivity contribution in [1.82, 2.24) is 101 Å². The molecule has 24 N–H and O–H groups in total. The Morgan fingerprint density at radius 3 is 0.643 bits per heavy atom. The van der Waals surface area contributed by atoms with Crippen molar-refractivity contribution < 1.29 is 98.4 Å². The van der Waals surface area contributed by atoms with Gasteiger partial charge in [-0.2, -0.15) is 19.9 Å². The number of H-pyrrole nitrogens is 4. The van der Waals surface area contributed by atoms with Crippen molar-refractivity contribution in [3.8, 4) is 0 Å². The van der Waals surface area contributed by atoms with Gasteiger partial charge in [0.1, 0.15) is 24.2 Å². The van der Waals surface area contributed by atoms with Gasteiger partial charge in [-0.1, -0.05) is 0 Å². The summed E-state index contributed by atoms with van der Waals surface area (Å²) in [4.78, 5) is 242. The van der Waals surface area contributed by atoms with E-state index in [9.17, 15) is 97.1 Å². The summed E-state index contributed by atoms with van der Waals surface area (Å²) in [5.41, 5.74) is 25.7. The summed E-state index contributed by atoms with van der Waals surface area (Å²) in [5.74, 6) is -13.8. The second kappa shape index (κ2) is 45.1. The van der Waals surface area contributed by atoms with Crippen LogP contribution >= 0.6 is 0 Å². The van der Waals surface area contributed by atoms with Crippen LogP contribution in [0.5, 0.6) is 0 Å². The standard InChI is InChI=1S/4C19H19N7O6.C/c4*20-19-25-15-14(17(30)26-19)23-11(8-22-15)7-21-10-3-1-9(2-4-10)16(29)24-12(18(31)32)5-6-13(27)28;/h4*1-4,8,12,21H,5-7H2,(H,24,29)(H,27,28)(H,31,32)(H3,20,22,25,26,30);/q;;;;+4/p-4/t4*12-;/m0000./s1. The maximum atomic E-state index is 12.3. The van der Waals surface area contributed by atoms with Gasteiger partial charge in [0, 0.05) is 68.9 Å². The average molecular weight is 1770 g/mol. The summed E-state index contributed by atoms with van der Waals surface area (Å²) in [6.45, 7) is 0.899. The maximum absolute atomic E-state index is 12.3. The number of aromatic nitrogens is 16. The minimum absolute atomic E-state index is 0. The Kier molecular flexibility index (Phi) is 33.6. The monoisotopic (exact) mass is 1770 g/mol. The first-order chi connectivity index (χ1) is 60.9. The van der Waals surface area contributed by atoms with Crippen LogP contribution in [-0.2, 0) is 64.5 Å². The molecule has 8 heterocycles. The molecule has 0 unspecified atom stereocenters. The number of carbonyl (C=O) groups is 12. The van der Waals surface area contributed by atoms with Crippen LogP contribution in [0.1, 0.15) is 116 Å². The number of anilines is 8. The molecule has 0 aliphatic heterocycles. The summed E-state index contributed by atoms with van der Waals surface area (Å²) >= 11 is 0. The number of nitrogens with zero attached hydrogens (tertiary/aromatic N) is 12. The van der Waals surface area contributed by atoms with Gasteiger partial charge < -0.3 is 125 Å². The van der Waals surface area contributed by atoms with Crippen molar-refractivity contribution >= 4 is 163 Å². The Labute approximate surface area is 720 Å². The van der Waals surface area contributed by atoms with Gasteiger partial charge in [-0.05, 0) is 148 Å². The van der Waals surface area contributed by atoms with Gasteiger partial charge >= 0.3 is 31.3 Å². The van der Waals surface area contributed by atoms with Crippen molar-refractivity contribution in [2.24, 2.45) is 0 Å². The first kappa shape index (κ1) is 96.3. The molecule has 52 heteroatoms. The molecule has 4 amide bonds. The largest absolute Gasteiger partial charge is 4.00 e. The molecule has 0 bridgehead atoms. The Bertz CT molecular complexity index is 5670. The molecule has 0 radical (unpaired) electrons. The molecule has 0 spiro atoms. The minimum Gasteiger partial charge on any atom is -0.550 e. The number of rotatable bonds is 36. The molecule has 664 valence electrons. The second-order valence-corrected chi connectivity index (χ2v) is 26.8. The van der Waals surface area contributed by atoms with Crippen LogP contribution in [-0.4, -0.2) is 196 Å². The number of carboxylic acid groups (broad SMARTS) is 8. The SMILES string of the molecule is Nc1nc2ncc(CNc3ccc(C(=O)N[C@@H](CCC(=O)[O-])C(=O)O)cc3)nc2c(=O)[nH]1.Nc1nc2ncc(CNc3ccc(C(=O)N[C@@H](CCC(=O)[O-])C(=O)O)cc3)nc2c(=O)[nH]1.Nc1nc2ncc(CNc3ccc(C(=O)N[C@@H](CCC(=O)[O-])C(=O)O)cc3)nc2c(=O)[nH]1.Nc1nc2ncc(CNc3ccc(C(=O)N[C@@H](CCC(=O)[O-])C(=O)O)cc3)nc2c(=O)[nH]1.[C+4]. The normalized spacial score (nSPS) is 11.5. The zero-order valence-corrected chi connectivity index (χ0v) is 66.5. The Morgan fingerprint density at radius 1 is 0.302 bits per heavy atom. The summed E-state index contributed by atoms with van der Waals surface area (Å²) in [6.07, 6.45) is 2.65. The summed E-state index contributed by atoms with van der Waals surface area (Å²) < 4.78 is 0. The molecule has 0 aliphatic carbocycles.